The number of halogens is 1. The van der Waals surface area contributed by atoms with Crippen molar-refractivity contribution in [3.8, 4) is 5.75 Å². The van der Waals surface area contributed by atoms with Crippen molar-refractivity contribution in [3.05, 3.63) is 29.8 Å². The van der Waals surface area contributed by atoms with E-state index in [1.165, 1.54) is 31.2 Å². The predicted octanol–water partition coefficient (Wildman–Crippen LogP) is 2.01. The van der Waals surface area contributed by atoms with E-state index in [-0.39, 0.29) is 17.3 Å². The van der Waals surface area contributed by atoms with E-state index in [2.05, 4.69) is 0 Å². The second-order valence-corrected chi connectivity index (χ2v) is 6.95. The number of sulfone groups is 1. The van der Waals surface area contributed by atoms with E-state index in [0.717, 1.165) is 0 Å². The largest absolute Gasteiger partial charge is 0.508 e. The number of alkyl halides is 1. The quantitative estimate of drug-likeness (QED) is 0.883. The Morgan fingerprint density at radius 2 is 1.94 bits per heavy atom. The zero-order valence-electron chi connectivity index (χ0n) is 9.56. The van der Waals surface area contributed by atoms with Crippen molar-refractivity contribution in [2.45, 2.75) is 19.0 Å². The molecule has 2 unspecified atom stereocenters. The van der Waals surface area contributed by atoms with Gasteiger partial charge in [-0.1, -0.05) is 12.1 Å². The number of aromatic hydroxyl groups is 1. The summed E-state index contributed by atoms with van der Waals surface area (Å²) in [5.41, 5.74) is -1.26. The number of rotatable bonds is 2. The molecular weight excluding hydrogens is 243 g/mol. The Balaban J connectivity index is 2.27. The maximum Gasteiger partial charge on any atom is 0.150 e. The molecule has 1 heterocycles. The second-order valence-electron chi connectivity index (χ2n) is 4.72. The summed E-state index contributed by atoms with van der Waals surface area (Å²) in [7, 11) is -3.08. The van der Waals surface area contributed by atoms with Crippen molar-refractivity contribution in [1.29, 1.82) is 0 Å². The Morgan fingerprint density at radius 1 is 1.35 bits per heavy atom. The zero-order valence-corrected chi connectivity index (χ0v) is 10.4. The lowest BCUT2D eigenvalue weighted by molar-refractivity contribution is 0.116. The third kappa shape index (κ3) is 2.44. The van der Waals surface area contributed by atoms with Gasteiger partial charge in [0.2, 0.25) is 0 Å². The van der Waals surface area contributed by atoms with Crippen molar-refractivity contribution in [3.63, 3.8) is 0 Å². The van der Waals surface area contributed by atoms with Crippen LogP contribution in [0.5, 0.6) is 5.75 Å². The molecule has 1 aromatic rings. The van der Waals surface area contributed by atoms with Crippen molar-refractivity contribution < 1.29 is 17.9 Å². The summed E-state index contributed by atoms with van der Waals surface area (Å²) in [5, 5.41) is 9.15. The number of phenolic OH excluding ortho intramolecular Hbond substituents is 1. The van der Waals surface area contributed by atoms with E-state index in [4.69, 9.17) is 5.11 Å². The van der Waals surface area contributed by atoms with Gasteiger partial charge in [0, 0.05) is 5.92 Å². The molecule has 5 heteroatoms. The standard InChI is InChI=1S/C12H15FO3S/c1-12(13,9-2-4-11(14)5-3-9)10-6-7-17(15,16)8-10/h2-5,10,14H,6-8H2,1H3. The lowest BCUT2D eigenvalue weighted by Crippen LogP contribution is -2.28. The van der Waals surface area contributed by atoms with Crippen molar-refractivity contribution in [1.82, 2.24) is 0 Å². The average molecular weight is 258 g/mol. The van der Waals surface area contributed by atoms with Crippen LogP contribution >= 0.6 is 0 Å². The van der Waals surface area contributed by atoms with E-state index in [9.17, 15) is 12.8 Å². The second kappa shape index (κ2) is 3.98. The van der Waals surface area contributed by atoms with Gasteiger partial charge < -0.3 is 5.11 Å². The van der Waals surface area contributed by atoms with Gasteiger partial charge in [0.25, 0.3) is 0 Å². The molecule has 1 fully saturated rings. The Labute approximate surface area is 100 Å². The molecule has 0 saturated carbocycles. The molecule has 0 aliphatic carbocycles. The van der Waals surface area contributed by atoms with Crippen LogP contribution in [0.1, 0.15) is 18.9 Å². The lowest BCUT2D eigenvalue weighted by Gasteiger charge is -2.26. The van der Waals surface area contributed by atoms with Crippen LogP contribution in [0.2, 0.25) is 0 Å². The first-order valence-corrected chi connectivity index (χ1v) is 7.32. The smallest absolute Gasteiger partial charge is 0.150 e. The van der Waals surface area contributed by atoms with Crippen molar-refractivity contribution in [2.24, 2.45) is 5.92 Å². The van der Waals surface area contributed by atoms with Crippen LogP contribution in [-0.2, 0) is 15.5 Å². The Hall–Kier alpha value is -1.10. The molecule has 1 aliphatic heterocycles. The first-order chi connectivity index (χ1) is 7.81. The van der Waals surface area contributed by atoms with Crippen molar-refractivity contribution in [2.75, 3.05) is 11.5 Å². The Kier molecular flexibility index (Phi) is 2.89. The SMILES string of the molecule is CC(F)(c1ccc(O)cc1)C1CCS(=O)(=O)C1. The highest BCUT2D eigenvalue weighted by atomic mass is 32.2. The maximum absolute atomic E-state index is 14.7. The molecule has 0 radical (unpaired) electrons. The molecule has 1 aromatic carbocycles. The third-order valence-corrected chi connectivity index (χ3v) is 5.20. The molecule has 1 aliphatic rings. The highest BCUT2D eigenvalue weighted by Gasteiger charge is 2.42. The third-order valence-electron chi connectivity index (χ3n) is 3.43. The summed E-state index contributed by atoms with van der Waals surface area (Å²) >= 11 is 0. The molecule has 1 saturated heterocycles. The molecule has 3 nitrogen and oxygen atoms in total. The van der Waals surface area contributed by atoms with Crippen LogP contribution < -0.4 is 0 Å². The maximum atomic E-state index is 14.7. The molecule has 94 valence electrons. The van der Waals surface area contributed by atoms with Gasteiger partial charge in [-0.25, -0.2) is 12.8 Å². The van der Waals surface area contributed by atoms with E-state index in [0.29, 0.717) is 12.0 Å². The summed E-state index contributed by atoms with van der Waals surface area (Å²) in [6.07, 6.45) is 0.357. The molecule has 0 aromatic heterocycles. The fraction of sp³-hybridized carbons (Fsp3) is 0.500. The number of benzene rings is 1. The van der Waals surface area contributed by atoms with Crippen LogP contribution in [0.15, 0.2) is 24.3 Å². The average Bonchev–Trinajstić information content (AvgIpc) is 2.60. The van der Waals surface area contributed by atoms with Gasteiger partial charge >= 0.3 is 0 Å². The molecule has 17 heavy (non-hydrogen) atoms. The van der Waals surface area contributed by atoms with Crippen LogP contribution in [0.3, 0.4) is 0 Å². The minimum absolute atomic E-state index is 0.0647. The molecule has 0 spiro atoms. The molecule has 2 rings (SSSR count). The molecule has 0 amide bonds. The first-order valence-electron chi connectivity index (χ1n) is 5.50. The van der Waals surface area contributed by atoms with Gasteiger partial charge in [-0.15, -0.1) is 0 Å². The van der Waals surface area contributed by atoms with Gasteiger partial charge in [-0.2, -0.15) is 0 Å². The fourth-order valence-corrected chi connectivity index (χ4v) is 4.15. The van der Waals surface area contributed by atoms with Crippen LogP contribution in [0, 0.1) is 5.92 Å². The number of hydrogen-bond donors (Lipinski definition) is 1. The summed E-state index contributed by atoms with van der Waals surface area (Å²) in [5.74, 6) is -0.462. The van der Waals surface area contributed by atoms with Gasteiger partial charge in [0.05, 0.1) is 11.5 Å². The molecule has 0 bridgehead atoms. The van der Waals surface area contributed by atoms with Gasteiger partial charge in [-0.05, 0) is 31.0 Å². The Bertz CT molecular complexity index is 505. The minimum atomic E-state index is -3.08. The van der Waals surface area contributed by atoms with E-state index < -0.39 is 21.4 Å². The van der Waals surface area contributed by atoms with Crippen LogP contribution in [0.25, 0.3) is 0 Å². The normalized spacial score (nSPS) is 26.6. The fourth-order valence-electron chi connectivity index (χ4n) is 2.25. The summed E-state index contributed by atoms with van der Waals surface area (Å²) in [6.45, 7) is 1.41. The monoisotopic (exact) mass is 258 g/mol. The molecule has 1 N–H and O–H groups in total. The van der Waals surface area contributed by atoms with E-state index >= 15 is 0 Å². The van der Waals surface area contributed by atoms with E-state index in [1.54, 1.807) is 0 Å². The van der Waals surface area contributed by atoms with Gasteiger partial charge in [-0.3, -0.25) is 0 Å². The predicted molar refractivity (Wildman–Crippen MR) is 63.3 cm³/mol. The van der Waals surface area contributed by atoms with Crippen LogP contribution in [0.4, 0.5) is 4.39 Å². The zero-order chi connectivity index (χ0) is 12.7. The number of phenols is 1. The summed E-state index contributed by atoms with van der Waals surface area (Å²) in [4.78, 5) is 0. The van der Waals surface area contributed by atoms with Gasteiger partial charge in [0.15, 0.2) is 9.84 Å². The van der Waals surface area contributed by atoms with Gasteiger partial charge in [0.1, 0.15) is 11.4 Å². The minimum Gasteiger partial charge on any atom is -0.508 e. The molecule has 2 atom stereocenters. The Morgan fingerprint density at radius 3 is 2.41 bits per heavy atom. The van der Waals surface area contributed by atoms with Crippen LogP contribution in [-0.4, -0.2) is 25.0 Å². The lowest BCUT2D eigenvalue weighted by atomic mass is 9.84. The molecular formula is C12H15FO3S. The van der Waals surface area contributed by atoms with Crippen molar-refractivity contribution >= 4 is 9.84 Å². The highest BCUT2D eigenvalue weighted by Crippen LogP contribution is 2.40. The highest BCUT2D eigenvalue weighted by molar-refractivity contribution is 7.91. The summed E-state index contributed by atoms with van der Waals surface area (Å²) in [6, 6.07) is 5.83. The van der Waals surface area contributed by atoms with E-state index in [1.807, 2.05) is 0 Å². The number of hydrogen-bond acceptors (Lipinski definition) is 3. The summed E-state index contributed by atoms with van der Waals surface area (Å²) < 4.78 is 37.4. The first kappa shape index (κ1) is 12.4. The topological polar surface area (TPSA) is 54.4 Å².